The van der Waals surface area contributed by atoms with Gasteiger partial charge in [0.05, 0.1) is 0 Å². The van der Waals surface area contributed by atoms with Gasteiger partial charge in [-0.3, -0.25) is 0 Å². The second-order valence-corrected chi connectivity index (χ2v) is 4.97. The number of nitrogens with one attached hydrogen (secondary N) is 1. The molecule has 0 saturated heterocycles. The Hall–Kier alpha value is -0.890. The molecule has 0 aromatic heterocycles. The predicted molar refractivity (Wildman–Crippen MR) is 76.4 cm³/mol. The van der Waals surface area contributed by atoms with Crippen LogP contribution in [0.5, 0.6) is 0 Å². The summed E-state index contributed by atoms with van der Waals surface area (Å²) in [4.78, 5) is 0. The topological polar surface area (TPSA) is 12.0 Å². The molecule has 0 aliphatic heterocycles. The van der Waals surface area contributed by atoms with Crippen LogP contribution in [0.4, 0.5) is 4.39 Å². The summed E-state index contributed by atoms with van der Waals surface area (Å²) in [7, 11) is 0. The second kappa shape index (κ2) is 8.25. The van der Waals surface area contributed by atoms with Gasteiger partial charge in [0.2, 0.25) is 0 Å². The normalized spacial score (nSPS) is 12.9. The fraction of sp³-hybridized carbons (Fsp3) is 0.625. The Bertz CT molecular complexity index is 316. The van der Waals surface area contributed by atoms with E-state index in [4.69, 9.17) is 0 Å². The second-order valence-electron chi connectivity index (χ2n) is 4.97. The fourth-order valence-electron chi connectivity index (χ4n) is 2.42. The lowest BCUT2D eigenvalue weighted by molar-refractivity contribution is 0.399. The molecule has 102 valence electrons. The zero-order valence-electron chi connectivity index (χ0n) is 11.9. The van der Waals surface area contributed by atoms with E-state index in [2.05, 4.69) is 26.1 Å². The third kappa shape index (κ3) is 4.77. The molecule has 0 aliphatic rings. The van der Waals surface area contributed by atoms with Crippen molar-refractivity contribution in [1.82, 2.24) is 5.32 Å². The Morgan fingerprint density at radius 1 is 1.06 bits per heavy atom. The lowest BCUT2D eigenvalue weighted by Crippen LogP contribution is -2.23. The first-order valence-electron chi connectivity index (χ1n) is 7.17. The van der Waals surface area contributed by atoms with Gasteiger partial charge in [-0.15, -0.1) is 0 Å². The van der Waals surface area contributed by atoms with Crippen molar-refractivity contribution in [1.29, 1.82) is 0 Å². The van der Waals surface area contributed by atoms with Gasteiger partial charge in [-0.1, -0.05) is 45.7 Å². The Morgan fingerprint density at radius 3 is 2.17 bits per heavy atom. The fourth-order valence-corrected chi connectivity index (χ4v) is 2.42. The van der Waals surface area contributed by atoms with Gasteiger partial charge in [-0.05, 0) is 42.5 Å². The molecule has 0 bridgehead atoms. The zero-order chi connectivity index (χ0) is 13.4. The van der Waals surface area contributed by atoms with Gasteiger partial charge in [-0.2, -0.15) is 0 Å². The van der Waals surface area contributed by atoms with Crippen LogP contribution in [0, 0.1) is 11.7 Å². The van der Waals surface area contributed by atoms with Crippen LogP contribution in [0.1, 0.15) is 51.5 Å². The Balaban J connectivity index is 2.73. The predicted octanol–water partition coefficient (Wildman–Crippen LogP) is 4.35. The van der Waals surface area contributed by atoms with Crippen LogP contribution in [-0.2, 0) is 0 Å². The van der Waals surface area contributed by atoms with Crippen molar-refractivity contribution in [3.8, 4) is 0 Å². The van der Waals surface area contributed by atoms with Crippen molar-refractivity contribution >= 4 is 0 Å². The van der Waals surface area contributed by atoms with Crippen LogP contribution in [0.25, 0.3) is 0 Å². The third-order valence-electron chi connectivity index (χ3n) is 3.75. The van der Waals surface area contributed by atoms with Gasteiger partial charge in [0.1, 0.15) is 5.82 Å². The van der Waals surface area contributed by atoms with E-state index in [-0.39, 0.29) is 5.82 Å². The molecule has 1 aromatic carbocycles. The van der Waals surface area contributed by atoms with Gasteiger partial charge in [0, 0.05) is 6.54 Å². The maximum absolute atomic E-state index is 13.0. The lowest BCUT2D eigenvalue weighted by atomic mass is 9.86. The minimum Gasteiger partial charge on any atom is -0.316 e. The van der Waals surface area contributed by atoms with Crippen molar-refractivity contribution < 1.29 is 4.39 Å². The molecule has 1 N–H and O–H groups in total. The third-order valence-corrected chi connectivity index (χ3v) is 3.75. The Kier molecular flexibility index (Phi) is 6.96. The summed E-state index contributed by atoms with van der Waals surface area (Å²) in [6, 6.07) is 7.00. The maximum Gasteiger partial charge on any atom is 0.123 e. The van der Waals surface area contributed by atoms with Crippen molar-refractivity contribution in [3.05, 3.63) is 35.6 Å². The van der Waals surface area contributed by atoms with E-state index in [0.717, 1.165) is 19.0 Å². The quantitative estimate of drug-likeness (QED) is 0.724. The molecule has 1 rings (SSSR count). The highest BCUT2D eigenvalue weighted by Gasteiger charge is 2.15. The van der Waals surface area contributed by atoms with Crippen LogP contribution in [0.3, 0.4) is 0 Å². The first-order chi connectivity index (χ1) is 8.71. The molecule has 0 aliphatic carbocycles. The van der Waals surface area contributed by atoms with E-state index in [9.17, 15) is 4.39 Å². The monoisotopic (exact) mass is 251 g/mol. The van der Waals surface area contributed by atoms with Crippen molar-refractivity contribution in [2.75, 3.05) is 13.1 Å². The summed E-state index contributed by atoms with van der Waals surface area (Å²) < 4.78 is 13.0. The van der Waals surface area contributed by atoms with Crippen LogP contribution in [-0.4, -0.2) is 13.1 Å². The molecule has 0 radical (unpaired) electrons. The molecular weight excluding hydrogens is 225 g/mol. The average molecular weight is 251 g/mol. The van der Waals surface area contributed by atoms with E-state index in [1.807, 2.05) is 12.1 Å². The highest BCUT2D eigenvalue weighted by Crippen LogP contribution is 2.27. The molecule has 18 heavy (non-hydrogen) atoms. The molecule has 0 saturated carbocycles. The summed E-state index contributed by atoms with van der Waals surface area (Å²) in [6.07, 6.45) is 3.63. The molecule has 1 nitrogen and oxygen atoms in total. The Morgan fingerprint density at radius 2 is 1.67 bits per heavy atom. The maximum atomic E-state index is 13.0. The molecule has 1 aromatic rings. The van der Waals surface area contributed by atoms with Crippen molar-refractivity contribution in [2.24, 2.45) is 5.92 Å². The summed E-state index contributed by atoms with van der Waals surface area (Å²) in [5.74, 6) is 1.11. The molecule has 0 heterocycles. The summed E-state index contributed by atoms with van der Waals surface area (Å²) in [5.41, 5.74) is 1.25. The first kappa shape index (κ1) is 15.2. The number of hydrogen-bond donors (Lipinski definition) is 1. The number of likely N-dealkylation sites (N-methyl/N-ethyl adjacent to an activating group) is 1. The molecule has 0 fully saturated rings. The van der Waals surface area contributed by atoms with E-state index < -0.39 is 0 Å². The summed E-state index contributed by atoms with van der Waals surface area (Å²) in [5, 5.41) is 3.42. The van der Waals surface area contributed by atoms with Crippen LogP contribution >= 0.6 is 0 Å². The number of rotatable bonds is 8. The van der Waals surface area contributed by atoms with Crippen molar-refractivity contribution in [2.45, 2.75) is 46.0 Å². The van der Waals surface area contributed by atoms with E-state index in [0.29, 0.717) is 5.92 Å². The number of halogens is 1. The minimum atomic E-state index is -0.150. The van der Waals surface area contributed by atoms with Crippen LogP contribution < -0.4 is 5.32 Å². The van der Waals surface area contributed by atoms with Crippen molar-refractivity contribution in [3.63, 3.8) is 0 Å². The number of benzene rings is 1. The molecule has 1 unspecified atom stereocenters. The highest BCUT2D eigenvalue weighted by molar-refractivity contribution is 5.21. The van der Waals surface area contributed by atoms with E-state index in [1.165, 1.54) is 24.8 Å². The smallest absolute Gasteiger partial charge is 0.123 e. The standard InChI is InChI=1S/C16H26FN/c1-4-13(5-2)11-15(12-18-6-3)14-7-9-16(17)10-8-14/h7-10,13,15,18H,4-6,11-12H2,1-3H3. The molecule has 2 heteroatoms. The van der Waals surface area contributed by atoms with Gasteiger partial charge in [-0.25, -0.2) is 4.39 Å². The summed E-state index contributed by atoms with van der Waals surface area (Å²) in [6.45, 7) is 8.60. The molecule has 1 atom stereocenters. The van der Waals surface area contributed by atoms with Gasteiger partial charge < -0.3 is 5.32 Å². The Labute approximate surface area is 111 Å². The molecular formula is C16H26FN. The van der Waals surface area contributed by atoms with Gasteiger partial charge in [0.15, 0.2) is 0 Å². The lowest BCUT2D eigenvalue weighted by Gasteiger charge is -2.22. The van der Waals surface area contributed by atoms with Gasteiger partial charge >= 0.3 is 0 Å². The van der Waals surface area contributed by atoms with Crippen LogP contribution in [0.2, 0.25) is 0 Å². The average Bonchev–Trinajstić information content (AvgIpc) is 2.40. The summed E-state index contributed by atoms with van der Waals surface area (Å²) >= 11 is 0. The largest absolute Gasteiger partial charge is 0.316 e. The molecule has 0 spiro atoms. The SMILES string of the molecule is CCNCC(CC(CC)CC)c1ccc(F)cc1. The number of hydrogen-bond acceptors (Lipinski definition) is 1. The molecule has 0 amide bonds. The van der Waals surface area contributed by atoms with Crippen LogP contribution in [0.15, 0.2) is 24.3 Å². The minimum absolute atomic E-state index is 0.150. The van der Waals surface area contributed by atoms with E-state index in [1.54, 1.807) is 12.1 Å². The first-order valence-corrected chi connectivity index (χ1v) is 7.17. The highest BCUT2D eigenvalue weighted by atomic mass is 19.1. The van der Waals surface area contributed by atoms with E-state index >= 15 is 0 Å². The van der Waals surface area contributed by atoms with Gasteiger partial charge in [0.25, 0.3) is 0 Å². The zero-order valence-corrected chi connectivity index (χ0v) is 11.9.